The second-order valence-electron chi connectivity index (χ2n) is 7.77. The molecule has 0 radical (unpaired) electrons. The number of hydrogen-bond donors (Lipinski definition) is 0. The van der Waals surface area contributed by atoms with Gasteiger partial charge in [-0.1, -0.05) is 52.2 Å². The summed E-state index contributed by atoms with van der Waals surface area (Å²) >= 11 is 3.63. The summed E-state index contributed by atoms with van der Waals surface area (Å²) < 4.78 is 7.73. The smallest absolute Gasteiger partial charge is 0.198 e. The van der Waals surface area contributed by atoms with Gasteiger partial charge in [-0.15, -0.1) is 0 Å². The minimum absolute atomic E-state index is 0.268. The van der Waals surface area contributed by atoms with Crippen LogP contribution < -0.4 is 4.74 Å². The quantitative estimate of drug-likeness (QED) is 0.578. The molecule has 0 bridgehead atoms. The van der Waals surface area contributed by atoms with Crippen LogP contribution in [0.1, 0.15) is 61.3 Å². The Morgan fingerprint density at radius 1 is 1.08 bits per heavy atom. The molecule has 1 aliphatic carbocycles. The SMILES string of the molecule is Cc1ccc(C2=NN3[C@H](C2)c2cc(Br)ccc2OC32CCCCC2)cc1. The van der Waals surface area contributed by atoms with E-state index in [1.165, 1.54) is 41.7 Å². The highest BCUT2D eigenvalue weighted by molar-refractivity contribution is 9.10. The average molecular weight is 411 g/mol. The van der Waals surface area contributed by atoms with E-state index < -0.39 is 0 Å². The summed E-state index contributed by atoms with van der Waals surface area (Å²) in [5.74, 6) is 1.04. The normalized spacial score (nSPS) is 23.2. The molecular weight excluding hydrogens is 388 g/mol. The van der Waals surface area contributed by atoms with Gasteiger partial charge in [-0.3, -0.25) is 0 Å². The topological polar surface area (TPSA) is 24.8 Å². The monoisotopic (exact) mass is 410 g/mol. The van der Waals surface area contributed by atoms with Gasteiger partial charge in [-0.25, -0.2) is 5.01 Å². The first-order chi connectivity index (χ1) is 12.6. The van der Waals surface area contributed by atoms with Gasteiger partial charge in [0.05, 0.1) is 11.8 Å². The molecule has 1 spiro atoms. The number of fused-ring (bicyclic) bond motifs is 4. The Balaban J connectivity index is 1.60. The van der Waals surface area contributed by atoms with Crippen LogP contribution in [0, 0.1) is 6.92 Å². The van der Waals surface area contributed by atoms with Crippen LogP contribution in [0.25, 0.3) is 0 Å². The van der Waals surface area contributed by atoms with Gasteiger partial charge in [0.15, 0.2) is 5.72 Å². The predicted octanol–water partition coefficient (Wildman–Crippen LogP) is 5.96. The van der Waals surface area contributed by atoms with Gasteiger partial charge >= 0.3 is 0 Å². The molecule has 3 aliphatic rings. The van der Waals surface area contributed by atoms with Crippen LogP contribution >= 0.6 is 15.9 Å². The molecule has 26 heavy (non-hydrogen) atoms. The van der Waals surface area contributed by atoms with Gasteiger partial charge in [-0.05, 0) is 43.5 Å². The molecule has 134 valence electrons. The minimum atomic E-state index is -0.268. The average Bonchev–Trinajstić information content (AvgIpc) is 3.11. The molecule has 1 atom stereocenters. The molecule has 0 N–H and O–H groups in total. The number of nitrogens with zero attached hydrogens (tertiary/aromatic N) is 2. The molecule has 5 rings (SSSR count). The van der Waals surface area contributed by atoms with E-state index in [0.717, 1.165) is 29.5 Å². The van der Waals surface area contributed by atoms with Crippen LogP contribution in [0.5, 0.6) is 5.75 Å². The maximum Gasteiger partial charge on any atom is 0.198 e. The zero-order valence-electron chi connectivity index (χ0n) is 15.0. The molecule has 2 aromatic rings. The zero-order valence-corrected chi connectivity index (χ0v) is 16.6. The molecule has 2 aliphatic heterocycles. The third kappa shape index (κ3) is 2.58. The summed E-state index contributed by atoms with van der Waals surface area (Å²) in [6.07, 6.45) is 6.78. The first-order valence-electron chi connectivity index (χ1n) is 9.57. The van der Waals surface area contributed by atoms with E-state index in [9.17, 15) is 0 Å². The first kappa shape index (κ1) is 16.4. The van der Waals surface area contributed by atoms with E-state index in [2.05, 4.69) is 70.3 Å². The Kier molecular flexibility index (Phi) is 3.85. The van der Waals surface area contributed by atoms with Crippen LogP contribution in [-0.4, -0.2) is 16.4 Å². The van der Waals surface area contributed by atoms with E-state index in [0.29, 0.717) is 0 Å². The van der Waals surface area contributed by atoms with Gasteiger partial charge in [0.2, 0.25) is 0 Å². The molecule has 3 nitrogen and oxygen atoms in total. The van der Waals surface area contributed by atoms with Crippen molar-refractivity contribution in [1.29, 1.82) is 0 Å². The van der Waals surface area contributed by atoms with E-state index in [4.69, 9.17) is 9.84 Å². The number of aryl methyl sites for hydroxylation is 1. The Morgan fingerprint density at radius 3 is 2.62 bits per heavy atom. The lowest BCUT2D eigenvalue weighted by Gasteiger charge is -2.49. The lowest BCUT2D eigenvalue weighted by atomic mass is 9.86. The Hall–Kier alpha value is -1.81. The molecule has 4 heteroatoms. The number of halogens is 1. The summed E-state index contributed by atoms with van der Waals surface area (Å²) in [5, 5.41) is 7.43. The Labute approximate surface area is 163 Å². The van der Waals surface area contributed by atoms with Crippen molar-refractivity contribution in [2.45, 2.75) is 57.2 Å². The summed E-state index contributed by atoms with van der Waals surface area (Å²) in [7, 11) is 0. The second kappa shape index (κ2) is 6.12. The Bertz CT molecular complexity index is 868. The maximum absolute atomic E-state index is 6.63. The molecule has 0 amide bonds. The summed E-state index contributed by atoms with van der Waals surface area (Å²) in [5.41, 5.74) is 4.67. The van der Waals surface area contributed by atoms with Crippen LogP contribution in [0.15, 0.2) is 52.0 Å². The second-order valence-corrected chi connectivity index (χ2v) is 8.68. The molecule has 0 aromatic heterocycles. The van der Waals surface area contributed by atoms with Crippen molar-refractivity contribution in [2.24, 2.45) is 5.10 Å². The summed E-state index contributed by atoms with van der Waals surface area (Å²) in [6, 6.07) is 15.4. The third-order valence-corrected chi connectivity index (χ3v) is 6.47. The fourth-order valence-electron chi connectivity index (χ4n) is 4.61. The van der Waals surface area contributed by atoms with Gasteiger partial charge < -0.3 is 4.74 Å². The minimum Gasteiger partial charge on any atom is -0.466 e. The van der Waals surface area contributed by atoms with Crippen molar-refractivity contribution in [3.63, 3.8) is 0 Å². The van der Waals surface area contributed by atoms with Gasteiger partial charge in [0, 0.05) is 29.3 Å². The molecule has 0 saturated heterocycles. The highest BCUT2D eigenvalue weighted by Gasteiger charge is 2.50. The molecule has 1 fully saturated rings. The van der Waals surface area contributed by atoms with Crippen molar-refractivity contribution >= 4 is 21.6 Å². The summed E-state index contributed by atoms with van der Waals surface area (Å²) in [4.78, 5) is 0. The van der Waals surface area contributed by atoms with Crippen molar-refractivity contribution in [2.75, 3.05) is 0 Å². The fourth-order valence-corrected chi connectivity index (χ4v) is 4.99. The van der Waals surface area contributed by atoms with Gasteiger partial charge in [0.1, 0.15) is 5.75 Å². The largest absolute Gasteiger partial charge is 0.466 e. The van der Waals surface area contributed by atoms with E-state index in [1.807, 2.05) is 0 Å². The third-order valence-electron chi connectivity index (χ3n) is 5.98. The van der Waals surface area contributed by atoms with Crippen molar-refractivity contribution < 1.29 is 4.74 Å². The highest BCUT2D eigenvalue weighted by atomic mass is 79.9. The number of hydrazone groups is 1. The van der Waals surface area contributed by atoms with Crippen molar-refractivity contribution in [3.05, 3.63) is 63.6 Å². The van der Waals surface area contributed by atoms with Crippen LogP contribution in [0.4, 0.5) is 0 Å². The van der Waals surface area contributed by atoms with Gasteiger partial charge in [-0.2, -0.15) is 5.10 Å². The first-order valence-corrected chi connectivity index (χ1v) is 10.4. The zero-order chi connectivity index (χ0) is 17.7. The predicted molar refractivity (Wildman–Crippen MR) is 107 cm³/mol. The molecule has 2 heterocycles. The number of rotatable bonds is 1. The van der Waals surface area contributed by atoms with E-state index >= 15 is 0 Å². The lowest BCUT2D eigenvalue weighted by Crippen LogP contribution is -2.54. The van der Waals surface area contributed by atoms with Crippen molar-refractivity contribution in [3.8, 4) is 5.75 Å². The van der Waals surface area contributed by atoms with E-state index in [1.54, 1.807) is 0 Å². The van der Waals surface area contributed by atoms with Gasteiger partial charge in [0.25, 0.3) is 0 Å². The molecule has 1 saturated carbocycles. The molecule has 0 unspecified atom stereocenters. The van der Waals surface area contributed by atoms with Crippen LogP contribution in [0.2, 0.25) is 0 Å². The lowest BCUT2D eigenvalue weighted by molar-refractivity contribution is -0.140. The molecule has 2 aromatic carbocycles. The molecular formula is C22H23BrN2O. The van der Waals surface area contributed by atoms with Crippen LogP contribution in [-0.2, 0) is 0 Å². The number of hydrogen-bond acceptors (Lipinski definition) is 3. The Morgan fingerprint density at radius 2 is 1.85 bits per heavy atom. The standard InChI is InChI=1S/C22H23BrN2O/c1-15-5-7-16(8-6-15)19-14-20-18-13-17(23)9-10-21(18)26-22(25(20)24-19)11-3-2-4-12-22/h5-10,13,20H,2-4,11-12,14H2,1H3/t20-/m1/s1. The number of ether oxygens (including phenoxy) is 1. The maximum atomic E-state index is 6.63. The van der Waals surface area contributed by atoms with Crippen LogP contribution in [0.3, 0.4) is 0 Å². The summed E-state index contributed by atoms with van der Waals surface area (Å²) in [6.45, 7) is 2.13. The van der Waals surface area contributed by atoms with E-state index in [-0.39, 0.29) is 11.8 Å². The highest BCUT2D eigenvalue weighted by Crippen LogP contribution is 2.51. The van der Waals surface area contributed by atoms with Crippen molar-refractivity contribution in [1.82, 2.24) is 5.01 Å². The fraction of sp³-hybridized carbons (Fsp3) is 0.409. The number of benzene rings is 2.